The molecule has 26 heavy (non-hydrogen) atoms. The first-order valence-electron chi connectivity index (χ1n) is 8.83. The quantitative estimate of drug-likeness (QED) is 0.402. The number of nitrogens with zero attached hydrogens (tertiary/aromatic N) is 4. The zero-order valence-electron chi connectivity index (χ0n) is 15.4. The standard InChI is InChI=1S/C19H27N5O.HI/c1-20-18(21-15-19(25)10-6-7-11-19)23(2)13-16-12-22-24(14-16)17-8-4-3-5-9-17;/h3-5,8-9,12,14,25H,6-7,10-11,13,15H2,1-2H3,(H,20,21);1H. The number of para-hydroxylation sites is 1. The van der Waals surface area contributed by atoms with Gasteiger partial charge in [0.2, 0.25) is 0 Å². The first-order valence-corrected chi connectivity index (χ1v) is 8.83. The van der Waals surface area contributed by atoms with Crippen molar-refractivity contribution in [3.05, 3.63) is 48.3 Å². The van der Waals surface area contributed by atoms with Gasteiger partial charge in [0.25, 0.3) is 0 Å². The Morgan fingerprint density at radius 3 is 2.65 bits per heavy atom. The van der Waals surface area contributed by atoms with Crippen LogP contribution in [0.4, 0.5) is 0 Å². The minimum absolute atomic E-state index is 0. The molecule has 1 aliphatic carbocycles. The second-order valence-corrected chi connectivity index (χ2v) is 6.82. The summed E-state index contributed by atoms with van der Waals surface area (Å²) in [7, 11) is 3.76. The van der Waals surface area contributed by atoms with Gasteiger partial charge in [-0.1, -0.05) is 31.0 Å². The molecule has 7 heteroatoms. The predicted octanol–water partition coefficient (Wildman–Crippen LogP) is 2.80. The highest BCUT2D eigenvalue weighted by Crippen LogP contribution is 2.28. The van der Waals surface area contributed by atoms with E-state index in [0.717, 1.165) is 42.9 Å². The van der Waals surface area contributed by atoms with Crippen LogP contribution >= 0.6 is 24.0 Å². The molecular weight excluding hydrogens is 441 g/mol. The van der Waals surface area contributed by atoms with Crippen LogP contribution in [-0.4, -0.2) is 52.0 Å². The predicted molar refractivity (Wildman–Crippen MR) is 115 cm³/mol. The molecule has 0 atom stereocenters. The molecule has 0 aliphatic heterocycles. The molecule has 1 saturated carbocycles. The van der Waals surface area contributed by atoms with Gasteiger partial charge in [0.15, 0.2) is 5.96 Å². The lowest BCUT2D eigenvalue weighted by Gasteiger charge is -2.27. The van der Waals surface area contributed by atoms with E-state index in [4.69, 9.17) is 0 Å². The monoisotopic (exact) mass is 469 g/mol. The molecular formula is C19H28IN5O. The molecule has 1 aromatic carbocycles. The first-order chi connectivity index (χ1) is 12.1. The van der Waals surface area contributed by atoms with Crippen LogP contribution in [0.3, 0.4) is 0 Å². The molecule has 0 spiro atoms. The topological polar surface area (TPSA) is 65.7 Å². The maximum atomic E-state index is 10.5. The highest BCUT2D eigenvalue weighted by molar-refractivity contribution is 14.0. The summed E-state index contributed by atoms with van der Waals surface area (Å²) in [6.07, 6.45) is 7.84. The molecule has 0 saturated heterocycles. The smallest absolute Gasteiger partial charge is 0.193 e. The Morgan fingerprint density at radius 2 is 2.00 bits per heavy atom. The average Bonchev–Trinajstić information content (AvgIpc) is 3.26. The normalized spacial score (nSPS) is 16.2. The van der Waals surface area contributed by atoms with Crippen molar-refractivity contribution in [3.63, 3.8) is 0 Å². The van der Waals surface area contributed by atoms with E-state index >= 15 is 0 Å². The third-order valence-electron chi connectivity index (χ3n) is 4.76. The van der Waals surface area contributed by atoms with E-state index in [9.17, 15) is 5.11 Å². The van der Waals surface area contributed by atoms with Gasteiger partial charge in [-0.05, 0) is 25.0 Å². The van der Waals surface area contributed by atoms with Gasteiger partial charge in [-0.15, -0.1) is 24.0 Å². The number of aliphatic imine (C=N–C) groups is 1. The second-order valence-electron chi connectivity index (χ2n) is 6.82. The SMILES string of the molecule is CN=C(NCC1(O)CCCC1)N(C)Cc1cnn(-c2ccccc2)c1.I. The Hall–Kier alpha value is -1.61. The lowest BCUT2D eigenvalue weighted by molar-refractivity contribution is 0.0516. The van der Waals surface area contributed by atoms with Gasteiger partial charge in [-0.25, -0.2) is 4.68 Å². The molecule has 142 valence electrons. The molecule has 1 aromatic heterocycles. The lowest BCUT2D eigenvalue weighted by Crippen LogP contribution is -2.46. The number of rotatable bonds is 5. The third kappa shape index (κ3) is 5.20. The summed E-state index contributed by atoms with van der Waals surface area (Å²) in [5, 5.41) is 18.2. The number of nitrogens with one attached hydrogen (secondary N) is 1. The summed E-state index contributed by atoms with van der Waals surface area (Å²) in [4.78, 5) is 6.38. The summed E-state index contributed by atoms with van der Waals surface area (Å²) < 4.78 is 1.88. The minimum atomic E-state index is -0.588. The molecule has 0 bridgehead atoms. The number of aliphatic hydroxyl groups is 1. The maximum absolute atomic E-state index is 10.5. The van der Waals surface area contributed by atoms with Crippen LogP contribution in [-0.2, 0) is 6.54 Å². The molecule has 3 rings (SSSR count). The fourth-order valence-corrected chi connectivity index (χ4v) is 3.35. The van der Waals surface area contributed by atoms with Crippen molar-refractivity contribution in [1.82, 2.24) is 20.0 Å². The Bertz CT molecular complexity index is 710. The number of aromatic nitrogens is 2. The Morgan fingerprint density at radius 1 is 1.31 bits per heavy atom. The first kappa shape index (κ1) is 20.7. The fraction of sp³-hybridized carbons (Fsp3) is 0.474. The zero-order valence-corrected chi connectivity index (χ0v) is 17.8. The third-order valence-corrected chi connectivity index (χ3v) is 4.76. The van der Waals surface area contributed by atoms with E-state index in [-0.39, 0.29) is 24.0 Å². The van der Waals surface area contributed by atoms with Gasteiger partial charge in [0.1, 0.15) is 0 Å². The highest BCUT2D eigenvalue weighted by atomic mass is 127. The highest BCUT2D eigenvalue weighted by Gasteiger charge is 2.31. The van der Waals surface area contributed by atoms with E-state index in [0.29, 0.717) is 13.1 Å². The van der Waals surface area contributed by atoms with Crippen molar-refractivity contribution in [2.75, 3.05) is 20.6 Å². The molecule has 0 unspecified atom stereocenters. The Kier molecular flexibility index (Phi) is 7.45. The molecule has 1 heterocycles. The van der Waals surface area contributed by atoms with E-state index in [1.54, 1.807) is 7.05 Å². The van der Waals surface area contributed by atoms with Crippen LogP contribution < -0.4 is 5.32 Å². The lowest BCUT2D eigenvalue weighted by atomic mass is 10.0. The van der Waals surface area contributed by atoms with E-state index in [1.807, 2.05) is 59.4 Å². The number of hydrogen-bond donors (Lipinski definition) is 2. The molecule has 0 radical (unpaired) electrons. The van der Waals surface area contributed by atoms with Gasteiger partial charge >= 0.3 is 0 Å². The molecule has 1 fully saturated rings. The number of benzene rings is 1. The van der Waals surface area contributed by atoms with Gasteiger partial charge in [0.05, 0.1) is 17.5 Å². The van der Waals surface area contributed by atoms with Gasteiger partial charge in [-0.3, -0.25) is 4.99 Å². The largest absolute Gasteiger partial charge is 0.388 e. The maximum Gasteiger partial charge on any atom is 0.193 e. The van der Waals surface area contributed by atoms with Crippen molar-refractivity contribution in [3.8, 4) is 5.69 Å². The Labute approximate surface area is 172 Å². The molecule has 0 amide bonds. The van der Waals surface area contributed by atoms with Crippen LogP contribution in [0, 0.1) is 0 Å². The van der Waals surface area contributed by atoms with Crippen LogP contribution in [0.2, 0.25) is 0 Å². The van der Waals surface area contributed by atoms with Crippen LogP contribution in [0.1, 0.15) is 31.2 Å². The van der Waals surface area contributed by atoms with E-state index < -0.39 is 5.60 Å². The van der Waals surface area contributed by atoms with Gasteiger partial charge < -0.3 is 15.3 Å². The Balaban J connectivity index is 0.00000243. The molecule has 1 aliphatic rings. The summed E-state index contributed by atoms with van der Waals surface area (Å²) in [6, 6.07) is 10.1. The number of guanidine groups is 1. The van der Waals surface area contributed by atoms with Crippen molar-refractivity contribution >= 4 is 29.9 Å². The van der Waals surface area contributed by atoms with Crippen molar-refractivity contribution in [2.45, 2.75) is 37.8 Å². The minimum Gasteiger partial charge on any atom is -0.388 e. The summed E-state index contributed by atoms with van der Waals surface area (Å²) in [5.41, 5.74) is 1.56. The van der Waals surface area contributed by atoms with Crippen LogP contribution in [0.5, 0.6) is 0 Å². The van der Waals surface area contributed by atoms with Crippen molar-refractivity contribution in [2.24, 2.45) is 4.99 Å². The van der Waals surface area contributed by atoms with Gasteiger partial charge in [0, 0.05) is 38.9 Å². The summed E-state index contributed by atoms with van der Waals surface area (Å²) in [6.45, 7) is 1.25. The van der Waals surface area contributed by atoms with Crippen molar-refractivity contribution < 1.29 is 5.11 Å². The van der Waals surface area contributed by atoms with Crippen molar-refractivity contribution in [1.29, 1.82) is 0 Å². The molecule has 2 aromatic rings. The summed E-state index contributed by atoms with van der Waals surface area (Å²) in [5.74, 6) is 0.785. The molecule has 6 nitrogen and oxygen atoms in total. The van der Waals surface area contributed by atoms with Crippen LogP contribution in [0.15, 0.2) is 47.7 Å². The number of hydrogen-bond acceptors (Lipinski definition) is 3. The average molecular weight is 469 g/mol. The summed E-state index contributed by atoms with van der Waals surface area (Å²) >= 11 is 0. The van der Waals surface area contributed by atoms with E-state index in [1.165, 1.54) is 0 Å². The van der Waals surface area contributed by atoms with Crippen LogP contribution in [0.25, 0.3) is 5.69 Å². The molecule has 2 N–H and O–H groups in total. The zero-order chi connectivity index (χ0) is 17.7. The van der Waals surface area contributed by atoms with Gasteiger partial charge in [-0.2, -0.15) is 5.10 Å². The number of halogens is 1. The second kappa shape index (κ2) is 9.36. The fourth-order valence-electron chi connectivity index (χ4n) is 3.35. The van der Waals surface area contributed by atoms with E-state index in [2.05, 4.69) is 15.4 Å².